The Morgan fingerprint density at radius 3 is 2.35 bits per heavy atom. The zero-order valence-electron chi connectivity index (χ0n) is 12.0. The molecule has 0 spiro atoms. The molecule has 0 saturated carbocycles. The molecule has 0 aliphatic heterocycles. The van der Waals surface area contributed by atoms with Crippen molar-refractivity contribution in [3.8, 4) is 0 Å². The first-order valence-electron chi connectivity index (χ1n) is 6.69. The molecule has 1 unspecified atom stereocenters. The Hall–Kier alpha value is -1.27. The molecule has 2 N–H and O–H groups in total. The van der Waals surface area contributed by atoms with E-state index in [1.807, 2.05) is 30.3 Å². The Kier molecular flexibility index (Phi) is 5.92. The van der Waals surface area contributed by atoms with Crippen LogP contribution in [0.15, 0.2) is 54.6 Å². The number of rotatable bonds is 6. The molecule has 0 saturated heterocycles. The van der Waals surface area contributed by atoms with Crippen LogP contribution in [-0.4, -0.2) is 4.89 Å². The third kappa shape index (κ3) is 6.03. The smallest absolute Gasteiger partial charge is 0.326 e. The lowest BCUT2D eigenvalue weighted by atomic mass is 10.1. The van der Waals surface area contributed by atoms with Gasteiger partial charge in [-0.3, -0.25) is 4.57 Å². The van der Waals surface area contributed by atoms with Gasteiger partial charge < -0.3 is 4.89 Å². The molecule has 3 nitrogen and oxygen atoms in total. The van der Waals surface area contributed by atoms with Crippen molar-refractivity contribution in [3.63, 3.8) is 0 Å². The Balaban J connectivity index is 1.93. The van der Waals surface area contributed by atoms with E-state index >= 15 is 0 Å². The third-order valence-electron chi connectivity index (χ3n) is 2.99. The van der Waals surface area contributed by atoms with E-state index in [9.17, 15) is 22.6 Å². The number of halogens is 3. The minimum Gasteiger partial charge on any atom is -0.326 e. The molecular formula is C15H15F3NO2PS. The van der Waals surface area contributed by atoms with Crippen molar-refractivity contribution in [2.24, 2.45) is 0 Å². The number of nitrogens with one attached hydrogen (secondary N) is 1. The van der Waals surface area contributed by atoms with Gasteiger partial charge in [-0.2, -0.15) is 13.2 Å². The van der Waals surface area contributed by atoms with E-state index in [2.05, 4.69) is 5.09 Å². The normalized spacial score (nSPS) is 14.4. The summed E-state index contributed by atoms with van der Waals surface area (Å²) < 4.78 is 49.9. The van der Waals surface area contributed by atoms with Gasteiger partial charge in [-0.15, -0.1) is 0 Å². The second-order valence-corrected chi connectivity index (χ2v) is 8.98. The molecule has 0 radical (unpaired) electrons. The van der Waals surface area contributed by atoms with Crippen LogP contribution in [0.1, 0.15) is 16.7 Å². The van der Waals surface area contributed by atoms with E-state index in [-0.39, 0.29) is 6.54 Å². The van der Waals surface area contributed by atoms with Gasteiger partial charge in [0.1, 0.15) is 0 Å². The zero-order chi connectivity index (χ0) is 16.9. The van der Waals surface area contributed by atoms with Crippen molar-refractivity contribution in [2.75, 3.05) is 0 Å². The van der Waals surface area contributed by atoms with Crippen molar-refractivity contribution in [1.29, 1.82) is 0 Å². The van der Waals surface area contributed by atoms with Gasteiger partial charge in [-0.1, -0.05) is 48.5 Å². The predicted molar refractivity (Wildman–Crippen MR) is 85.8 cm³/mol. The fraction of sp³-hybridized carbons (Fsp3) is 0.200. The molecular weight excluding hydrogens is 346 g/mol. The van der Waals surface area contributed by atoms with Crippen molar-refractivity contribution >= 4 is 18.1 Å². The second-order valence-electron chi connectivity index (χ2n) is 4.81. The summed E-state index contributed by atoms with van der Waals surface area (Å²) in [4.78, 5) is 9.85. The molecule has 8 heteroatoms. The van der Waals surface area contributed by atoms with Crippen molar-refractivity contribution in [3.05, 3.63) is 71.3 Å². The van der Waals surface area contributed by atoms with Crippen LogP contribution >= 0.6 is 18.1 Å². The minimum atomic E-state index is -4.43. The molecule has 0 bridgehead atoms. The predicted octanol–water partition coefficient (Wildman–Crippen LogP) is 4.83. The van der Waals surface area contributed by atoms with E-state index in [0.717, 1.165) is 29.1 Å². The van der Waals surface area contributed by atoms with E-state index in [0.29, 0.717) is 11.3 Å². The fourth-order valence-corrected chi connectivity index (χ4v) is 4.26. The van der Waals surface area contributed by atoms with Crippen LogP contribution in [0.2, 0.25) is 0 Å². The van der Waals surface area contributed by atoms with Gasteiger partial charge in [0.15, 0.2) is 0 Å². The summed E-state index contributed by atoms with van der Waals surface area (Å²) in [6, 6.07) is 13.9. The maximum Gasteiger partial charge on any atom is 0.416 e. The lowest BCUT2D eigenvalue weighted by Gasteiger charge is -2.13. The second kappa shape index (κ2) is 7.53. The number of hydrogen-bond donors (Lipinski definition) is 2. The first kappa shape index (κ1) is 18.1. The Bertz CT molecular complexity index is 695. The third-order valence-corrected chi connectivity index (χ3v) is 6.18. The Morgan fingerprint density at radius 2 is 1.70 bits per heavy atom. The molecule has 124 valence electrons. The molecule has 2 aromatic rings. The highest BCUT2D eigenvalue weighted by molar-refractivity contribution is 8.55. The quantitative estimate of drug-likeness (QED) is 0.724. The Labute approximate surface area is 136 Å². The van der Waals surface area contributed by atoms with Crippen molar-refractivity contribution in [2.45, 2.75) is 18.5 Å². The number of alkyl halides is 3. The summed E-state index contributed by atoms with van der Waals surface area (Å²) in [6.07, 6.45) is -4.43. The lowest BCUT2D eigenvalue weighted by Crippen LogP contribution is -2.10. The standard InChI is InChI=1S/C15H15F3NO2PS/c16-15(17,18)14-8-4-7-13(9-14)10-19-22(20,21)23-11-12-5-2-1-3-6-12/h1-9H,10-11H2,(H2,19,20,21). The van der Waals surface area contributed by atoms with E-state index in [4.69, 9.17) is 0 Å². The van der Waals surface area contributed by atoms with Crippen LogP contribution in [0.3, 0.4) is 0 Å². The molecule has 0 aliphatic rings. The molecule has 0 fully saturated rings. The minimum absolute atomic E-state index is 0.112. The summed E-state index contributed by atoms with van der Waals surface area (Å²) in [5, 5.41) is 2.43. The summed E-state index contributed by atoms with van der Waals surface area (Å²) in [6.45, 7) is -3.81. The van der Waals surface area contributed by atoms with E-state index in [1.165, 1.54) is 12.1 Å². The summed E-state index contributed by atoms with van der Waals surface area (Å²) in [5.41, 5.74) is 0.420. The summed E-state index contributed by atoms with van der Waals surface area (Å²) in [5.74, 6) is 0.338. The van der Waals surface area contributed by atoms with Crippen LogP contribution in [-0.2, 0) is 23.0 Å². The number of hydrogen-bond acceptors (Lipinski definition) is 2. The lowest BCUT2D eigenvalue weighted by molar-refractivity contribution is -0.137. The van der Waals surface area contributed by atoms with Crippen LogP contribution < -0.4 is 5.09 Å². The van der Waals surface area contributed by atoms with Gasteiger partial charge in [0.25, 0.3) is 0 Å². The zero-order valence-corrected chi connectivity index (χ0v) is 13.7. The van der Waals surface area contributed by atoms with Crippen molar-refractivity contribution < 1.29 is 22.6 Å². The van der Waals surface area contributed by atoms with Gasteiger partial charge in [0, 0.05) is 12.3 Å². The van der Waals surface area contributed by atoms with Gasteiger partial charge in [-0.25, -0.2) is 5.09 Å². The first-order valence-corrected chi connectivity index (χ1v) is 9.94. The van der Waals surface area contributed by atoms with Gasteiger partial charge in [0.05, 0.1) is 5.56 Å². The average molecular weight is 361 g/mol. The summed E-state index contributed by atoms with van der Waals surface area (Å²) >= 11 is 0.839. The number of benzene rings is 2. The van der Waals surface area contributed by atoms with E-state index < -0.39 is 18.5 Å². The molecule has 23 heavy (non-hydrogen) atoms. The topological polar surface area (TPSA) is 49.3 Å². The highest BCUT2D eigenvalue weighted by Gasteiger charge is 2.30. The van der Waals surface area contributed by atoms with Gasteiger partial charge in [0.2, 0.25) is 0 Å². The fourth-order valence-electron chi connectivity index (χ4n) is 1.83. The molecule has 0 amide bonds. The molecule has 0 aliphatic carbocycles. The van der Waals surface area contributed by atoms with Crippen LogP contribution in [0.5, 0.6) is 0 Å². The van der Waals surface area contributed by atoms with Crippen LogP contribution in [0.25, 0.3) is 0 Å². The van der Waals surface area contributed by atoms with Crippen molar-refractivity contribution in [1.82, 2.24) is 5.09 Å². The monoisotopic (exact) mass is 361 g/mol. The van der Waals surface area contributed by atoms with Crippen LogP contribution in [0, 0.1) is 0 Å². The van der Waals surface area contributed by atoms with Crippen LogP contribution in [0.4, 0.5) is 13.2 Å². The highest BCUT2D eigenvalue weighted by atomic mass is 32.7. The maximum atomic E-state index is 12.6. The molecule has 0 aromatic heterocycles. The first-order chi connectivity index (χ1) is 10.8. The van der Waals surface area contributed by atoms with Gasteiger partial charge >= 0.3 is 12.9 Å². The largest absolute Gasteiger partial charge is 0.416 e. The molecule has 0 heterocycles. The van der Waals surface area contributed by atoms with E-state index in [1.54, 1.807) is 0 Å². The highest BCUT2D eigenvalue weighted by Crippen LogP contribution is 2.52. The summed E-state index contributed by atoms with van der Waals surface area (Å²) in [7, 11) is 0. The molecule has 2 aromatic carbocycles. The molecule has 2 rings (SSSR count). The molecule has 1 atom stereocenters. The maximum absolute atomic E-state index is 12.6. The Morgan fingerprint density at radius 1 is 1.04 bits per heavy atom. The average Bonchev–Trinajstić information content (AvgIpc) is 2.52. The van der Waals surface area contributed by atoms with Gasteiger partial charge in [-0.05, 0) is 28.6 Å². The SMILES string of the molecule is O=P(O)(NCc1cccc(C(F)(F)F)c1)SCc1ccccc1.